The molecular weight excluding hydrogens is 615 g/mol. The van der Waals surface area contributed by atoms with Gasteiger partial charge in [-0.1, -0.05) is 18.2 Å². The number of aromatic nitrogens is 1. The van der Waals surface area contributed by atoms with Gasteiger partial charge in [-0.15, -0.1) is 24.8 Å². The van der Waals surface area contributed by atoms with Crippen molar-refractivity contribution >= 4 is 48.2 Å². The van der Waals surface area contributed by atoms with Crippen molar-refractivity contribution in [3.63, 3.8) is 0 Å². The summed E-state index contributed by atoms with van der Waals surface area (Å²) >= 11 is 0. The van der Waals surface area contributed by atoms with E-state index in [1.807, 2.05) is 46.3 Å². The van der Waals surface area contributed by atoms with E-state index in [1.165, 1.54) is 0 Å². The SMILES string of the molecule is CC(=O)N1CCN(C(=O)C[C@@H]2CCN3C[C@@H]2/C=C/COc2ccc(N(C)CCc4ccccn4)cc2CNCC3=O)CC1.Cl.Cl. The summed E-state index contributed by atoms with van der Waals surface area (Å²) < 4.78 is 6.21. The molecule has 5 rings (SSSR count). The fourth-order valence-corrected chi connectivity index (χ4v) is 6.18. The van der Waals surface area contributed by atoms with Gasteiger partial charge in [0.1, 0.15) is 12.4 Å². The zero-order valence-electron chi connectivity index (χ0n) is 26.2. The lowest BCUT2D eigenvalue weighted by molar-refractivity contribution is -0.140. The second kappa shape index (κ2) is 17.4. The summed E-state index contributed by atoms with van der Waals surface area (Å²) in [5.41, 5.74) is 3.15. The summed E-state index contributed by atoms with van der Waals surface area (Å²) in [5.74, 6) is 1.31. The van der Waals surface area contributed by atoms with Gasteiger partial charge in [0, 0.05) is 102 Å². The molecule has 3 amide bonds. The lowest BCUT2D eigenvalue weighted by Crippen LogP contribution is -2.51. The van der Waals surface area contributed by atoms with Crippen molar-refractivity contribution in [3.8, 4) is 5.75 Å². The molecule has 1 aromatic carbocycles. The van der Waals surface area contributed by atoms with Crippen LogP contribution in [0, 0.1) is 11.8 Å². The van der Waals surface area contributed by atoms with E-state index in [9.17, 15) is 14.4 Å². The summed E-state index contributed by atoms with van der Waals surface area (Å²) in [6, 6.07) is 12.2. The molecule has 10 nitrogen and oxygen atoms in total. The standard InChI is InChI=1S/C33H44N6O4.2ClH/c1-25(40)37-15-17-38(18-16-37)32(41)21-26-10-14-39-24-27(26)6-5-19-43-31-9-8-30(20-28(31)22-34-23-33(39)42)36(2)13-11-29-7-3-4-12-35-29;;/h3-9,12,20,26-27,34H,10-11,13-19,21-24H2,1-2H3;2*1H/b6-5+;;/t26-,27-;;/m0../s1. The molecular formula is C33H46Cl2N6O4. The van der Waals surface area contributed by atoms with Crippen LogP contribution in [0.15, 0.2) is 54.7 Å². The van der Waals surface area contributed by atoms with Gasteiger partial charge < -0.3 is 29.7 Å². The summed E-state index contributed by atoms with van der Waals surface area (Å²) in [6.45, 7) is 7.19. The highest BCUT2D eigenvalue weighted by molar-refractivity contribution is 5.85. The lowest BCUT2D eigenvalue weighted by atomic mass is 9.82. The molecule has 246 valence electrons. The Kier molecular flexibility index (Phi) is 14.0. The number of benzene rings is 1. The molecule has 0 saturated carbocycles. The summed E-state index contributed by atoms with van der Waals surface area (Å²) in [6.07, 6.45) is 8.08. The van der Waals surface area contributed by atoms with Gasteiger partial charge in [-0.05, 0) is 48.6 Å². The predicted octanol–water partition coefficient (Wildman–Crippen LogP) is 3.19. The quantitative estimate of drug-likeness (QED) is 0.476. The minimum absolute atomic E-state index is 0. The molecule has 0 radical (unpaired) electrons. The van der Waals surface area contributed by atoms with Crippen LogP contribution in [-0.4, -0.2) is 103 Å². The van der Waals surface area contributed by atoms with Crippen LogP contribution in [0.3, 0.4) is 0 Å². The number of nitrogens with one attached hydrogen (secondary N) is 1. The molecule has 1 N–H and O–H groups in total. The first-order valence-corrected chi connectivity index (χ1v) is 15.4. The molecule has 4 heterocycles. The Morgan fingerprint density at radius 3 is 2.56 bits per heavy atom. The smallest absolute Gasteiger partial charge is 0.236 e. The average molecular weight is 662 g/mol. The lowest BCUT2D eigenvalue weighted by Gasteiger charge is -2.39. The van der Waals surface area contributed by atoms with Crippen LogP contribution in [0.25, 0.3) is 0 Å². The summed E-state index contributed by atoms with van der Waals surface area (Å²) in [4.78, 5) is 50.3. The van der Waals surface area contributed by atoms with Gasteiger partial charge in [0.25, 0.3) is 0 Å². The molecule has 0 aliphatic carbocycles. The zero-order chi connectivity index (χ0) is 30.2. The Hall–Kier alpha value is -3.34. The van der Waals surface area contributed by atoms with E-state index < -0.39 is 0 Å². The van der Waals surface area contributed by atoms with E-state index in [4.69, 9.17) is 4.74 Å². The number of nitrogens with zero attached hydrogens (tertiary/aromatic N) is 5. The van der Waals surface area contributed by atoms with Crippen molar-refractivity contribution in [2.75, 3.05) is 70.9 Å². The highest BCUT2D eigenvalue weighted by Gasteiger charge is 2.33. The van der Waals surface area contributed by atoms with Crippen molar-refractivity contribution < 1.29 is 19.1 Å². The number of halogens is 2. The predicted molar refractivity (Wildman–Crippen MR) is 180 cm³/mol. The molecule has 2 saturated heterocycles. The number of piperidine rings is 1. The first-order chi connectivity index (χ1) is 20.9. The maximum atomic E-state index is 13.2. The number of carbonyl (C=O) groups is 3. The number of pyridine rings is 1. The van der Waals surface area contributed by atoms with Crippen LogP contribution in [0.5, 0.6) is 5.75 Å². The van der Waals surface area contributed by atoms with Crippen LogP contribution in [-0.2, 0) is 27.3 Å². The van der Waals surface area contributed by atoms with Crippen LogP contribution >= 0.6 is 24.8 Å². The topological polar surface area (TPSA) is 98.3 Å². The molecule has 0 unspecified atom stereocenters. The Morgan fingerprint density at radius 1 is 1.04 bits per heavy atom. The number of anilines is 1. The number of carbonyl (C=O) groups excluding carboxylic acids is 3. The van der Waals surface area contributed by atoms with Crippen LogP contribution in [0.4, 0.5) is 5.69 Å². The van der Waals surface area contributed by atoms with Gasteiger partial charge in [-0.2, -0.15) is 0 Å². The molecule has 45 heavy (non-hydrogen) atoms. The molecule has 0 spiro atoms. The highest BCUT2D eigenvalue weighted by atomic mass is 35.5. The monoisotopic (exact) mass is 660 g/mol. The molecule has 2 aromatic rings. The second-order valence-electron chi connectivity index (χ2n) is 11.8. The number of rotatable bonds is 6. The Labute approximate surface area is 279 Å². The van der Waals surface area contributed by atoms with E-state index in [0.717, 1.165) is 42.1 Å². The van der Waals surface area contributed by atoms with Crippen LogP contribution < -0.4 is 15.0 Å². The van der Waals surface area contributed by atoms with Crippen molar-refractivity contribution in [2.24, 2.45) is 11.8 Å². The van der Waals surface area contributed by atoms with E-state index >= 15 is 0 Å². The fraction of sp³-hybridized carbons (Fsp3) is 0.515. The maximum absolute atomic E-state index is 13.2. The summed E-state index contributed by atoms with van der Waals surface area (Å²) in [5, 5.41) is 3.35. The third kappa shape index (κ3) is 9.82. The Bertz CT molecular complexity index is 1310. The number of hydrogen-bond acceptors (Lipinski definition) is 7. The van der Waals surface area contributed by atoms with Gasteiger partial charge in [0.05, 0.1) is 6.54 Å². The number of fused-ring (bicyclic) bond motifs is 3. The normalized spacial score (nSPS) is 20.9. The number of likely N-dealkylation sites (N-methyl/N-ethyl adjacent to an activating group) is 1. The molecule has 2 fully saturated rings. The third-order valence-corrected chi connectivity index (χ3v) is 8.90. The van der Waals surface area contributed by atoms with Crippen LogP contribution in [0.1, 0.15) is 31.0 Å². The van der Waals surface area contributed by atoms with Gasteiger partial charge in [-0.25, -0.2) is 0 Å². The molecule has 3 aliphatic rings. The second-order valence-corrected chi connectivity index (χ2v) is 11.8. The Balaban J connectivity index is 0.00000276. The third-order valence-electron chi connectivity index (χ3n) is 8.90. The molecule has 1 aromatic heterocycles. The van der Waals surface area contributed by atoms with Crippen molar-refractivity contribution in [3.05, 3.63) is 66.0 Å². The number of piperazine rings is 1. The van der Waals surface area contributed by atoms with Gasteiger partial charge in [0.2, 0.25) is 17.7 Å². The average Bonchev–Trinajstić information content (AvgIpc) is 3.04. The van der Waals surface area contributed by atoms with Crippen molar-refractivity contribution in [2.45, 2.75) is 32.7 Å². The fourth-order valence-electron chi connectivity index (χ4n) is 6.18. The maximum Gasteiger partial charge on any atom is 0.236 e. The van der Waals surface area contributed by atoms with E-state index in [-0.39, 0.29) is 60.9 Å². The first-order valence-electron chi connectivity index (χ1n) is 15.4. The van der Waals surface area contributed by atoms with Crippen molar-refractivity contribution in [1.82, 2.24) is 25.0 Å². The number of amides is 3. The zero-order valence-corrected chi connectivity index (χ0v) is 27.9. The first kappa shape index (κ1) is 36.1. The number of ether oxygens (including phenoxy) is 1. The minimum atomic E-state index is 0. The van der Waals surface area contributed by atoms with E-state index in [2.05, 4.69) is 40.5 Å². The van der Waals surface area contributed by atoms with Gasteiger partial charge >= 0.3 is 0 Å². The van der Waals surface area contributed by atoms with Crippen LogP contribution in [0.2, 0.25) is 0 Å². The molecule has 12 heteroatoms. The Morgan fingerprint density at radius 2 is 1.82 bits per heavy atom. The van der Waals surface area contributed by atoms with Gasteiger partial charge in [0.15, 0.2) is 0 Å². The molecule has 3 aliphatic heterocycles. The highest BCUT2D eigenvalue weighted by Crippen LogP contribution is 2.30. The largest absolute Gasteiger partial charge is 0.489 e. The molecule has 2 bridgehead atoms. The van der Waals surface area contributed by atoms with Gasteiger partial charge in [-0.3, -0.25) is 19.4 Å². The van der Waals surface area contributed by atoms with E-state index in [1.54, 1.807) is 11.8 Å². The number of hydrogen-bond donors (Lipinski definition) is 1. The minimum Gasteiger partial charge on any atom is -0.489 e. The molecule has 2 atom stereocenters. The van der Waals surface area contributed by atoms with Crippen molar-refractivity contribution in [1.29, 1.82) is 0 Å². The van der Waals surface area contributed by atoms with E-state index in [0.29, 0.717) is 58.8 Å². The summed E-state index contributed by atoms with van der Waals surface area (Å²) in [7, 11) is 2.07.